The molecule has 0 radical (unpaired) electrons. The Hall–Kier alpha value is -2.60. The zero-order chi connectivity index (χ0) is 17.5. The van der Waals surface area contributed by atoms with Gasteiger partial charge in [0.25, 0.3) is 5.91 Å². The van der Waals surface area contributed by atoms with E-state index in [0.29, 0.717) is 12.3 Å². The molecule has 0 bridgehead atoms. The van der Waals surface area contributed by atoms with Crippen LogP contribution < -0.4 is 15.4 Å². The summed E-state index contributed by atoms with van der Waals surface area (Å²) in [4.78, 5) is 16.3. The van der Waals surface area contributed by atoms with Gasteiger partial charge in [-0.15, -0.1) is 0 Å². The molecule has 1 atom stereocenters. The molecule has 0 spiro atoms. The summed E-state index contributed by atoms with van der Waals surface area (Å²) in [5.74, 6) is 1.54. The van der Waals surface area contributed by atoms with Crippen molar-refractivity contribution in [2.75, 3.05) is 30.9 Å². The summed E-state index contributed by atoms with van der Waals surface area (Å²) in [5.41, 5.74) is 1.91. The molecular weight excluding hydrogens is 318 g/mol. The van der Waals surface area contributed by atoms with Crippen LogP contribution in [0.25, 0.3) is 0 Å². The number of amides is 1. The molecule has 1 aromatic carbocycles. The lowest BCUT2D eigenvalue weighted by molar-refractivity contribution is -0.124. The van der Waals surface area contributed by atoms with E-state index in [1.54, 1.807) is 13.3 Å². The van der Waals surface area contributed by atoms with E-state index in [1.165, 1.54) is 5.56 Å². The van der Waals surface area contributed by atoms with Gasteiger partial charge in [0.1, 0.15) is 17.7 Å². The van der Waals surface area contributed by atoms with Crippen LogP contribution in [0.4, 0.5) is 11.5 Å². The number of anilines is 2. The minimum atomic E-state index is -0.331. The van der Waals surface area contributed by atoms with E-state index in [1.807, 2.05) is 24.3 Å². The fourth-order valence-corrected chi connectivity index (χ4v) is 2.71. The van der Waals surface area contributed by atoms with Crippen molar-refractivity contribution >= 4 is 17.4 Å². The number of nitrogens with one attached hydrogen (secondary N) is 2. The van der Waals surface area contributed by atoms with E-state index in [4.69, 9.17) is 9.47 Å². The van der Waals surface area contributed by atoms with Gasteiger partial charge >= 0.3 is 0 Å². The Balaban J connectivity index is 1.44. The van der Waals surface area contributed by atoms with Crippen LogP contribution in [0.1, 0.15) is 18.4 Å². The first-order chi connectivity index (χ1) is 12.2. The molecule has 0 aliphatic carbocycles. The Morgan fingerprint density at radius 3 is 2.76 bits per heavy atom. The Labute approximate surface area is 147 Å². The Morgan fingerprint density at radius 2 is 2.12 bits per heavy atom. The average molecular weight is 341 g/mol. The number of pyridine rings is 1. The molecule has 132 valence electrons. The molecule has 6 nitrogen and oxygen atoms in total. The minimum absolute atomic E-state index is 0.0977. The Morgan fingerprint density at radius 1 is 1.28 bits per heavy atom. The highest BCUT2D eigenvalue weighted by Crippen LogP contribution is 2.16. The van der Waals surface area contributed by atoms with Crippen LogP contribution in [0, 0.1) is 0 Å². The fourth-order valence-electron chi connectivity index (χ4n) is 2.71. The van der Waals surface area contributed by atoms with Crippen molar-refractivity contribution < 1.29 is 14.3 Å². The standard InChI is InChI=1S/C19H23N3O3/c1-24-16-7-4-14(5-8-16)10-11-20-18-9-6-15(13-21-18)22-19(23)17-3-2-12-25-17/h4-9,13,17H,2-3,10-12H2,1H3,(H,20,21)(H,22,23). The van der Waals surface area contributed by atoms with Gasteiger partial charge in [0.2, 0.25) is 0 Å². The minimum Gasteiger partial charge on any atom is -0.497 e. The van der Waals surface area contributed by atoms with Gasteiger partial charge in [-0.05, 0) is 49.1 Å². The molecule has 2 heterocycles. The van der Waals surface area contributed by atoms with Gasteiger partial charge in [-0.3, -0.25) is 4.79 Å². The smallest absolute Gasteiger partial charge is 0.253 e. The van der Waals surface area contributed by atoms with Crippen molar-refractivity contribution in [1.82, 2.24) is 4.98 Å². The van der Waals surface area contributed by atoms with Crippen LogP contribution in [-0.4, -0.2) is 37.3 Å². The van der Waals surface area contributed by atoms with Gasteiger partial charge in [0, 0.05) is 13.2 Å². The molecule has 1 saturated heterocycles. The number of aromatic nitrogens is 1. The molecule has 1 aromatic heterocycles. The first-order valence-corrected chi connectivity index (χ1v) is 8.50. The third kappa shape index (κ3) is 4.93. The summed E-state index contributed by atoms with van der Waals surface area (Å²) >= 11 is 0. The fraction of sp³-hybridized carbons (Fsp3) is 0.368. The zero-order valence-corrected chi connectivity index (χ0v) is 14.3. The van der Waals surface area contributed by atoms with E-state index in [9.17, 15) is 4.79 Å². The predicted molar refractivity (Wildman–Crippen MR) is 97.0 cm³/mol. The van der Waals surface area contributed by atoms with Crippen molar-refractivity contribution in [2.24, 2.45) is 0 Å². The van der Waals surface area contributed by atoms with Crippen LogP contribution in [0.5, 0.6) is 5.75 Å². The SMILES string of the molecule is COc1ccc(CCNc2ccc(NC(=O)C3CCCO3)cn2)cc1. The zero-order valence-electron chi connectivity index (χ0n) is 14.3. The topological polar surface area (TPSA) is 72.5 Å². The van der Waals surface area contributed by atoms with E-state index in [2.05, 4.69) is 27.8 Å². The van der Waals surface area contributed by atoms with E-state index in [0.717, 1.165) is 37.4 Å². The van der Waals surface area contributed by atoms with Crippen molar-refractivity contribution in [3.63, 3.8) is 0 Å². The highest BCUT2D eigenvalue weighted by atomic mass is 16.5. The van der Waals surface area contributed by atoms with Crippen molar-refractivity contribution in [1.29, 1.82) is 0 Å². The van der Waals surface area contributed by atoms with Crippen LogP contribution in [0.15, 0.2) is 42.6 Å². The molecule has 0 saturated carbocycles. The van der Waals surface area contributed by atoms with Crippen molar-refractivity contribution in [3.8, 4) is 5.75 Å². The van der Waals surface area contributed by atoms with Gasteiger partial charge in [0.05, 0.1) is 19.0 Å². The molecule has 2 N–H and O–H groups in total. The number of carbonyl (C=O) groups excluding carboxylic acids is 1. The second kappa shape index (κ2) is 8.48. The number of hydrogen-bond donors (Lipinski definition) is 2. The summed E-state index contributed by atoms with van der Waals surface area (Å²) in [6, 6.07) is 11.7. The van der Waals surface area contributed by atoms with Gasteiger partial charge in [-0.2, -0.15) is 0 Å². The first-order valence-electron chi connectivity index (χ1n) is 8.50. The van der Waals surface area contributed by atoms with E-state index >= 15 is 0 Å². The lowest BCUT2D eigenvalue weighted by Gasteiger charge is -2.11. The van der Waals surface area contributed by atoms with Crippen molar-refractivity contribution in [2.45, 2.75) is 25.4 Å². The summed E-state index contributed by atoms with van der Waals surface area (Å²) in [6.45, 7) is 1.44. The summed E-state index contributed by atoms with van der Waals surface area (Å²) < 4.78 is 10.5. The van der Waals surface area contributed by atoms with Gasteiger partial charge in [-0.1, -0.05) is 12.1 Å². The second-order valence-corrected chi connectivity index (χ2v) is 5.95. The van der Waals surface area contributed by atoms with Gasteiger partial charge in [0.15, 0.2) is 0 Å². The molecule has 1 unspecified atom stereocenters. The Kier molecular flexibility index (Phi) is 5.85. The number of ether oxygens (including phenoxy) is 2. The maximum absolute atomic E-state index is 12.0. The van der Waals surface area contributed by atoms with Crippen LogP contribution in [0.3, 0.4) is 0 Å². The normalized spacial score (nSPS) is 16.4. The Bertz CT molecular complexity index is 680. The molecule has 2 aromatic rings. The molecular formula is C19H23N3O3. The highest BCUT2D eigenvalue weighted by Gasteiger charge is 2.23. The number of nitrogens with zero attached hydrogens (tertiary/aromatic N) is 1. The number of rotatable bonds is 7. The number of hydrogen-bond acceptors (Lipinski definition) is 5. The number of benzene rings is 1. The highest BCUT2D eigenvalue weighted by molar-refractivity contribution is 5.94. The molecule has 1 aliphatic rings. The number of carbonyl (C=O) groups is 1. The lowest BCUT2D eigenvalue weighted by Crippen LogP contribution is -2.26. The second-order valence-electron chi connectivity index (χ2n) is 5.95. The molecule has 1 amide bonds. The van der Waals surface area contributed by atoms with E-state index < -0.39 is 0 Å². The van der Waals surface area contributed by atoms with E-state index in [-0.39, 0.29) is 12.0 Å². The third-order valence-corrected chi connectivity index (χ3v) is 4.13. The lowest BCUT2D eigenvalue weighted by atomic mass is 10.1. The molecule has 6 heteroatoms. The summed E-state index contributed by atoms with van der Waals surface area (Å²) in [5, 5.41) is 6.12. The molecule has 25 heavy (non-hydrogen) atoms. The summed E-state index contributed by atoms with van der Waals surface area (Å²) in [6.07, 6.45) is 3.94. The number of methoxy groups -OCH3 is 1. The summed E-state index contributed by atoms with van der Waals surface area (Å²) in [7, 11) is 1.66. The van der Waals surface area contributed by atoms with Gasteiger partial charge in [-0.25, -0.2) is 4.98 Å². The quantitative estimate of drug-likeness (QED) is 0.810. The van der Waals surface area contributed by atoms with Gasteiger partial charge < -0.3 is 20.1 Å². The third-order valence-electron chi connectivity index (χ3n) is 4.13. The maximum Gasteiger partial charge on any atom is 0.253 e. The molecule has 3 rings (SSSR count). The van der Waals surface area contributed by atoms with Crippen LogP contribution >= 0.6 is 0 Å². The largest absolute Gasteiger partial charge is 0.497 e. The monoisotopic (exact) mass is 341 g/mol. The molecule has 1 aliphatic heterocycles. The van der Waals surface area contributed by atoms with Crippen LogP contribution in [-0.2, 0) is 16.0 Å². The average Bonchev–Trinajstić information content (AvgIpc) is 3.19. The first kappa shape index (κ1) is 17.2. The van der Waals surface area contributed by atoms with Crippen molar-refractivity contribution in [3.05, 3.63) is 48.2 Å². The molecule has 1 fully saturated rings. The maximum atomic E-state index is 12.0. The van der Waals surface area contributed by atoms with Crippen LogP contribution in [0.2, 0.25) is 0 Å². The predicted octanol–water partition coefficient (Wildman–Crippen LogP) is 2.86.